The van der Waals surface area contributed by atoms with Crippen LogP contribution in [0.1, 0.15) is 14.7 Å². The predicted molar refractivity (Wildman–Crippen MR) is 95.8 cm³/mol. The average molecular weight is 647 g/mol. The van der Waals surface area contributed by atoms with Gasteiger partial charge in [0.1, 0.15) is 6.10 Å². The van der Waals surface area contributed by atoms with Gasteiger partial charge >= 0.3 is 7.82 Å². The standard InChI is InChI=1S/C17H28O9P.U/c1-3-4-5-6-8-22-16-11-24-14(10-18)17(16)26-27(20,21-2)25-12-15-13(19)7-9-23-15;/h3-6,11,13-19H,7-10,12H2,1-2H3;/q-1;/b4-3+,6-5+;/t13-,14-,15-,16?,17+,27?;/m1./s1/i9T;/t9?,13-,14-,15-,16?,17+,27?;. The quantitative estimate of drug-likeness (QED) is 0.195. The summed E-state index contributed by atoms with van der Waals surface area (Å²) in [5, 5.41) is 19.3. The van der Waals surface area contributed by atoms with Crippen LogP contribution >= 0.6 is 7.82 Å². The minimum atomic E-state index is -4.06. The molecule has 2 saturated heterocycles. The molecule has 2 rings (SSSR count). The number of hydrogen-bond donors (Lipinski definition) is 2. The first kappa shape index (κ1) is 24.7. The van der Waals surface area contributed by atoms with Crippen molar-refractivity contribution in [3.63, 3.8) is 0 Å². The van der Waals surface area contributed by atoms with E-state index in [1.54, 1.807) is 6.08 Å². The fraction of sp³-hybridized carbons (Fsp3) is 0.706. The fourth-order valence-electron chi connectivity index (χ4n) is 2.48. The predicted octanol–water partition coefficient (Wildman–Crippen LogP) is 1.36. The Balaban J connectivity index is 0.00000420. The maximum Gasteiger partial charge on any atom is 0.474 e. The van der Waals surface area contributed by atoms with Crippen LogP contribution < -0.4 is 0 Å². The zero-order chi connectivity index (χ0) is 20.6. The van der Waals surface area contributed by atoms with Crippen LogP contribution in [0.5, 0.6) is 0 Å². The van der Waals surface area contributed by atoms with Gasteiger partial charge in [0, 0.05) is 44.8 Å². The molecule has 0 aliphatic carbocycles. The van der Waals surface area contributed by atoms with Crippen molar-refractivity contribution in [2.75, 3.05) is 33.5 Å². The number of hydrogen-bond acceptors (Lipinski definition) is 9. The molecular formula is C17H28O9PU-. The maximum atomic E-state index is 12.8. The Morgan fingerprint density at radius 1 is 1.39 bits per heavy atom. The summed E-state index contributed by atoms with van der Waals surface area (Å²) in [6.07, 6.45) is 3.30. The molecule has 9 nitrogen and oxygen atoms in total. The molecule has 2 N–H and O–H groups in total. The second-order valence-corrected chi connectivity index (χ2v) is 7.61. The molecule has 3 unspecified atom stereocenters. The van der Waals surface area contributed by atoms with E-state index in [4.69, 9.17) is 29.2 Å². The Morgan fingerprint density at radius 2 is 2.18 bits per heavy atom. The van der Waals surface area contributed by atoms with Gasteiger partial charge in [0.2, 0.25) is 0 Å². The number of allylic oxidation sites excluding steroid dienone is 3. The first-order valence-corrected chi connectivity index (χ1v) is 10.1. The van der Waals surface area contributed by atoms with Crippen LogP contribution in [0, 0.1) is 37.7 Å². The number of ether oxygens (including phenoxy) is 3. The third-order valence-electron chi connectivity index (χ3n) is 3.99. The van der Waals surface area contributed by atoms with Crippen LogP contribution in [-0.2, 0) is 32.3 Å². The Bertz CT molecular complexity index is 579. The Kier molecular flexibility index (Phi) is 12.1. The number of rotatable bonds is 11. The topological polar surface area (TPSA) is 113 Å². The maximum absolute atomic E-state index is 12.8. The van der Waals surface area contributed by atoms with Crippen LogP contribution in [-0.4, -0.2) is 74.2 Å². The van der Waals surface area contributed by atoms with Crippen molar-refractivity contribution in [2.24, 2.45) is 0 Å². The minimum absolute atomic E-state index is 0. The summed E-state index contributed by atoms with van der Waals surface area (Å²) in [5.74, 6) is 0. The van der Waals surface area contributed by atoms with E-state index in [1.807, 2.05) is 25.2 Å². The summed E-state index contributed by atoms with van der Waals surface area (Å²) in [5.41, 5.74) is 0. The molecule has 7 atom stereocenters. The SMILES string of the molecule is [3H]C1C[C@@H](O)[C@@H](COP(=O)(OC)O[C@@H]2C(OC/C=C/C=C/C)[CH-]O[C@@H]2CO)O1.[U]. The largest absolute Gasteiger partial charge is 0.544 e. The molecule has 2 heterocycles. The van der Waals surface area contributed by atoms with E-state index in [0.717, 1.165) is 7.11 Å². The van der Waals surface area contributed by atoms with Gasteiger partial charge in [0.25, 0.3) is 0 Å². The molecule has 2 aliphatic heterocycles. The van der Waals surface area contributed by atoms with Crippen LogP contribution in [0.4, 0.5) is 0 Å². The van der Waals surface area contributed by atoms with Gasteiger partial charge in [-0.2, -0.15) is 6.61 Å². The minimum Gasteiger partial charge on any atom is -0.544 e. The molecule has 28 heavy (non-hydrogen) atoms. The van der Waals surface area contributed by atoms with E-state index >= 15 is 0 Å². The summed E-state index contributed by atoms with van der Waals surface area (Å²) in [6.45, 7) is 1.98. The first-order chi connectivity index (χ1) is 13.4. The van der Waals surface area contributed by atoms with E-state index < -0.39 is 44.9 Å². The number of phosphoric acid groups is 1. The third-order valence-corrected chi connectivity index (χ3v) is 5.41. The number of phosphoric ester groups is 1. The number of aliphatic hydroxyl groups excluding tert-OH is 2. The molecule has 0 aromatic heterocycles. The van der Waals surface area contributed by atoms with Gasteiger partial charge in [0.15, 0.2) is 0 Å². The second kappa shape index (κ2) is 13.7. The van der Waals surface area contributed by atoms with Crippen molar-refractivity contribution >= 4 is 7.82 Å². The molecule has 0 aromatic carbocycles. The van der Waals surface area contributed by atoms with Gasteiger partial charge in [-0.15, -0.1) is 0 Å². The van der Waals surface area contributed by atoms with Gasteiger partial charge in [-0.05, 0) is 19.4 Å². The molecule has 2 aliphatic rings. The normalized spacial score (nSPS) is 35.9. The van der Waals surface area contributed by atoms with Crippen molar-refractivity contribution in [2.45, 2.75) is 43.9 Å². The van der Waals surface area contributed by atoms with Gasteiger partial charge in [0.05, 0.1) is 39.5 Å². The summed E-state index contributed by atoms with van der Waals surface area (Å²) < 4.78 is 52.1. The third kappa shape index (κ3) is 7.94. The molecule has 0 amide bonds. The second-order valence-electron chi connectivity index (χ2n) is 5.88. The molecular weight excluding hydrogens is 617 g/mol. The van der Waals surface area contributed by atoms with Crippen molar-refractivity contribution in [3.8, 4) is 0 Å². The van der Waals surface area contributed by atoms with Crippen molar-refractivity contribution in [1.82, 2.24) is 0 Å². The Labute approximate surface area is 190 Å². The van der Waals surface area contributed by atoms with E-state index in [0.29, 0.717) is 0 Å². The Hall–Kier alpha value is 0.442. The van der Waals surface area contributed by atoms with Crippen molar-refractivity contribution < 1.29 is 75.0 Å². The van der Waals surface area contributed by atoms with E-state index in [1.165, 1.54) is 6.61 Å². The molecule has 0 bridgehead atoms. The smallest absolute Gasteiger partial charge is 0.474 e. The molecule has 0 radical (unpaired) electrons. The van der Waals surface area contributed by atoms with Crippen molar-refractivity contribution in [3.05, 3.63) is 30.9 Å². The van der Waals surface area contributed by atoms with Gasteiger partial charge in [-0.3, -0.25) is 13.6 Å². The molecule has 160 valence electrons. The van der Waals surface area contributed by atoms with Crippen molar-refractivity contribution in [1.29, 1.82) is 0 Å². The van der Waals surface area contributed by atoms with Crippen LogP contribution in [0.2, 0.25) is 0 Å². The van der Waals surface area contributed by atoms with Gasteiger partial charge < -0.3 is 24.4 Å². The first-order valence-electron chi connectivity index (χ1n) is 9.23. The monoisotopic (exact) mass is 647 g/mol. The van der Waals surface area contributed by atoms with Gasteiger partial charge in [-0.25, -0.2) is 4.57 Å². The Morgan fingerprint density at radius 3 is 2.79 bits per heavy atom. The molecule has 0 saturated carbocycles. The molecule has 0 spiro atoms. The van der Waals surface area contributed by atoms with E-state index in [2.05, 4.69) is 0 Å². The molecule has 11 heteroatoms. The average Bonchev–Trinajstić information content (AvgIpc) is 3.21. The summed E-state index contributed by atoms with van der Waals surface area (Å²) in [6, 6.07) is 0. The van der Waals surface area contributed by atoms with Crippen LogP contribution in [0.15, 0.2) is 24.3 Å². The summed E-state index contributed by atoms with van der Waals surface area (Å²) >= 11 is 0. The van der Waals surface area contributed by atoms with Gasteiger partial charge in [-0.1, -0.05) is 24.3 Å². The zero-order valence-electron chi connectivity index (χ0n) is 16.9. The summed E-state index contributed by atoms with van der Waals surface area (Å²) in [7, 11) is -2.90. The zero-order valence-corrected chi connectivity index (χ0v) is 20.9. The van der Waals surface area contributed by atoms with E-state index in [9.17, 15) is 14.8 Å². The summed E-state index contributed by atoms with van der Waals surface area (Å²) in [4.78, 5) is 0. The van der Waals surface area contributed by atoms with E-state index in [-0.39, 0.29) is 57.4 Å². The number of aliphatic hydroxyl groups is 2. The van der Waals surface area contributed by atoms with Crippen LogP contribution in [0.25, 0.3) is 0 Å². The van der Waals surface area contributed by atoms with Crippen LogP contribution in [0.3, 0.4) is 0 Å². The molecule has 0 aromatic rings. The fourth-order valence-corrected chi connectivity index (χ4v) is 3.61. The molecule has 2 fully saturated rings.